The fraction of sp³-hybridized carbons (Fsp3) is 0.538. The first-order valence-electron chi connectivity index (χ1n) is 11.3. The number of nitrogens with zero attached hydrogens (tertiary/aromatic N) is 2. The number of amides is 1. The standard InChI is InChI=1S/C26H39N5O/c1-16-11-17(2)13-18(12-16)28-23(32)19-14-27-31-21(19)29-20(25(6,7)8)22(31)30-26(9,10)15-24(3,4)5/h11-14,27,30H,15H2,1-10H3,(H,28,32). The summed E-state index contributed by atoms with van der Waals surface area (Å²) >= 11 is 0. The number of hydrogen-bond acceptors (Lipinski definition) is 3. The van der Waals surface area contributed by atoms with Crippen molar-refractivity contribution in [2.24, 2.45) is 5.41 Å². The van der Waals surface area contributed by atoms with Crippen LogP contribution in [0.3, 0.4) is 0 Å². The van der Waals surface area contributed by atoms with E-state index in [4.69, 9.17) is 4.98 Å². The van der Waals surface area contributed by atoms with Crippen molar-refractivity contribution in [2.45, 2.75) is 86.6 Å². The Balaban J connectivity index is 2.02. The van der Waals surface area contributed by atoms with Crippen LogP contribution >= 0.6 is 0 Å². The van der Waals surface area contributed by atoms with Crippen LogP contribution in [0, 0.1) is 19.3 Å². The van der Waals surface area contributed by atoms with Gasteiger partial charge in [-0.3, -0.25) is 9.89 Å². The number of fused-ring (bicyclic) bond motifs is 1. The van der Waals surface area contributed by atoms with Crippen molar-refractivity contribution >= 4 is 23.1 Å². The van der Waals surface area contributed by atoms with E-state index in [-0.39, 0.29) is 22.3 Å². The molecule has 2 aromatic heterocycles. The lowest BCUT2D eigenvalue weighted by Gasteiger charge is -2.34. The van der Waals surface area contributed by atoms with Gasteiger partial charge >= 0.3 is 0 Å². The van der Waals surface area contributed by atoms with E-state index >= 15 is 0 Å². The van der Waals surface area contributed by atoms with E-state index < -0.39 is 0 Å². The molecule has 0 fully saturated rings. The minimum Gasteiger partial charge on any atom is -0.364 e. The van der Waals surface area contributed by atoms with Crippen LogP contribution in [0.2, 0.25) is 0 Å². The first kappa shape index (κ1) is 23.9. The molecule has 0 spiro atoms. The molecule has 0 radical (unpaired) electrons. The third kappa shape index (κ3) is 5.34. The number of hydrogen-bond donors (Lipinski definition) is 3. The Hall–Kier alpha value is -2.76. The topological polar surface area (TPSA) is 74.2 Å². The second kappa shape index (κ2) is 7.98. The van der Waals surface area contributed by atoms with Crippen LogP contribution < -0.4 is 10.6 Å². The van der Waals surface area contributed by atoms with Crippen molar-refractivity contribution in [1.29, 1.82) is 0 Å². The van der Waals surface area contributed by atoms with Crippen molar-refractivity contribution in [2.75, 3.05) is 10.6 Å². The zero-order valence-electron chi connectivity index (χ0n) is 21.3. The molecule has 0 saturated carbocycles. The Labute approximate surface area is 192 Å². The number of carbonyl (C=O) groups is 1. The number of aryl methyl sites for hydroxylation is 2. The predicted octanol–water partition coefficient (Wildman–Crippen LogP) is 6.46. The van der Waals surface area contributed by atoms with Gasteiger partial charge in [0.2, 0.25) is 0 Å². The summed E-state index contributed by atoms with van der Waals surface area (Å²) in [5.74, 6) is 0.736. The molecular weight excluding hydrogens is 398 g/mol. The van der Waals surface area contributed by atoms with Crippen molar-refractivity contribution in [3.05, 3.63) is 46.8 Å². The van der Waals surface area contributed by atoms with Crippen LogP contribution in [0.25, 0.3) is 5.65 Å². The molecule has 1 amide bonds. The summed E-state index contributed by atoms with van der Waals surface area (Å²) in [6.07, 6.45) is 2.71. The average Bonchev–Trinajstić information content (AvgIpc) is 3.11. The molecule has 1 aromatic carbocycles. The van der Waals surface area contributed by atoms with Gasteiger partial charge in [-0.2, -0.15) is 0 Å². The van der Waals surface area contributed by atoms with Crippen LogP contribution in [0.5, 0.6) is 0 Å². The molecule has 0 aliphatic carbocycles. The number of imidazole rings is 1. The van der Waals surface area contributed by atoms with Gasteiger partial charge in [-0.1, -0.05) is 47.6 Å². The van der Waals surface area contributed by atoms with Crippen LogP contribution in [0.1, 0.15) is 89.0 Å². The number of anilines is 2. The Morgan fingerprint density at radius 1 is 1.00 bits per heavy atom. The highest BCUT2D eigenvalue weighted by Crippen LogP contribution is 2.35. The summed E-state index contributed by atoms with van der Waals surface area (Å²) in [6, 6.07) is 6.04. The molecule has 3 N–H and O–H groups in total. The quantitative estimate of drug-likeness (QED) is 0.429. The Morgan fingerprint density at radius 2 is 1.59 bits per heavy atom. The van der Waals surface area contributed by atoms with Crippen molar-refractivity contribution < 1.29 is 4.79 Å². The maximum Gasteiger partial charge on any atom is 0.261 e. The van der Waals surface area contributed by atoms with E-state index in [1.54, 1.807) is 6.20 Å². The van der Waals surface area contributed by atoms with Crippen LogP contribution in [-0.2, 0) is 5.41 Å². The highest BCUT2D eigenvalue weighted by atomic mass is 16.1. The number of benzene rings is 1. The molecule has 32 heavy (non-hydrogen) atoms. The van der Waals surface area contributed by atoms with Crippen molar-refractivity contribution in [3.8, 4) is 0 Å². The third-order valence-electron chi connectivity index (χ3n) is 5.32. The number of rotatable bonds is 5. The van der Waals surface area contributed by atoms with Crippen LogP contribution in [0.15, 0.2) is 24.4 Å². The lowest BCUT2D eigenvalue weighted by Crippen LogP contribution is -2.36. The monoisotopic (exact) mass is 437 g/mol. The lowest BCUT2D eigenvalue weighted by atomic mass is 9.81. The molecule has 174 valence electrons. The molecule has 3 rings (SSSR count). The molecule has 0 aliphatic heterocycles. The highest BCUT2D eigenvalue weighted by Gasteiger charge is 2.32. The zero-order valence-corrected chi connectivity index (χ0v) is 21.3. The van der Waals surface area contributed by atoms with E-state index in [0.717, 1.165) is 34.7 Å². The Morgan fingerprint density at radius 3 is 2.12 bits per heavy atom. The molecule has 0 saturated heterocycles. The number of nitrogens with one attached hydrogen (secondary N) is 3. The molecule has 3 aromatic rings. The second-order valence-electron chi connectivity index (χ2n) is 12.0. The zero-order chi connectivity index (χ0) is 24.1. The van der Waals surface area contributed by atoms with Crippen molar-refractivity contribution in [1.82, 2.24) is 14.6 Å². The largest absolute Gasteiger partial charge is 0.364 e. The van der Waals surface area contributed by atoms with E-state index in [9.17, 15) is 4.79 Å². The first-order valence-corrected chi connectivity index (χ1v) is 11.3. The minimum atomic E-state index is -0.186. The fourth-order valence-corrected chi connectivity index (χ4v) is 4.66. The summed E-state index contributed by atoms with van der Waals surface area (Å²) in [5.41, 5.74) is 4.95. The van der Waals surface area contributed by atoms with Gasteiger partial charge < -0.3 is 10.6 Å². The predicted molar refractivity (Wildman–Crippen MR) is 134 cm³/mol. The summed E-state index contributed by atoms with van der Waals surface area (Å²) in [4.78, 5) is 18.1. The van der Waals surface area contributed by atoms with Crippen LogP contribution in [-0.4, -0.2) is 26.0 Å². The Kier molecular flexibility index (Phi) is 5.96. The summed E-state index contributed by atoms with van der Waals surface area (Å²) in [6.45, 7) is 21.6. The lowest BCUT2D eigenvalue weighted by molar-refractivity contribution is 0.102. The van der Waals surface area contributed by atoms with Gasteiger partial charge in [0.05, 0.1) is 5.69 Å². The fourth-order valence-electron chi connectivity index (χ4n) is 4.66. The molecule has 0 atom stereocenters. The minimum absolute atomic E-state index is 0.152. The molecule has 0 bridgehead atoms. The molecule has 0 unspecified atom stereocenters. The Bertz CT molecular complexity index is 1120. The number of aromatic amines is 1. The maximum absolute atomic E-state index is 13.2. The smallest absolute Gasteiger partial charge is 0.261 e. The van der Waals surface area contributed by atoms with Crippen molar-refractivity contribution in [3.63, 3.8) is 0 Å². The molecule has 2 heterocycles. The highest BCUT2D eigenvalue weighted by molar-refractivity contribution is 6.08. The van der Waals surface area contributed by atoms with E-state index in [1.165, 1.54) is 0 Å². The van der Waals surface area contributed by atoms with Gasteiger partial charge in [0, 0.05) is 22.8 Å². The molecule has 6 heteroatoms. The number of carbonyl (C=O) groups excluding carboxylic acids is 1. The van der Waals surface area contributed by atoms with Gasteiger partial charge in [0.1, 0.15) is 5.56 Å². The SMILES string of the molecule is Cc1cc(C)cc(NC(=O)c2c[nH]n3c(NC(C)(C)CC(C)(C)C)c(C(C)(C)C)nc23)c1. The van der Waals surface area contributed by atoms with Gasteiger partial charge in [0.25, 0.3) is 5.91 Å². The van der Waals surface area contributed by atoms with Gasteiger partial charge in [0.15, 0.2) is 11.5 Å². The van der Waals surface area contributed by atoms with E-state index in [0.29, 0.717) is 11.2 Å². The average molecular weight is 438 g/mol. The summed E-state index contributed by atoms with van der Waals surface area (Å²) < 4.78 is 1.90. The van der Waals surface area contributed by atoms with Crippen LogP contribution in [0.4, 0.5) is 11.5 Å². The maximum atomic E-state index is 13.2. The number of aromatic nitrogens is 3. The molecule has 6 nitrogen and oxygen atoms in total. The van der Waals surface area contributed by atoms with E-state index in [1.807, 2.05) is 30.5 Å². The van der Waals surface area contributed by atoms with Gasteiger partial charge in [-0.05, 0) is 62.8 Å². The van der Waals surface area contributed by atoms with Gasteiger partial charge in [-0.15, -0.1) is 0 Å². The van der Waals surface area contributed by atoms with E-state index in [2.05, 4.69) is 77.2 Å². The molecular formula is C26H39N5O. The third-order valence-corrected chi connectivity index (χ3v) is 5.32. The van der Waals surface area contributed by atoms with Gasteiger partial charge in [-0.25, -0.2) is 9.50 Å². The first-order chi connectivity index (χ1) is 14.6. The summed E-state index contributed by atoms with van der Waals surface area (Å²) in [7, 11) is 0. The molecule has 0 aliphatic rings. The normalized spacial score (nSPS) is 12.9. The summed E-state index contributed by atoms with van der Waals surface area (Å²) in [5, 5.41) is 10.0. The second-order valence-corrected chi connectivity index (χ2v) is 12.0. The number of H-pyrrole nitrogens is 1.